The van der Waals surface area contributed by atoms with E-state index in [0.717, 1.165) is 30.8 Å². The van der Waals surface area contributed by atoms with Crippen molar-refractivity contribution in [2.24, 2.45) is 0 Å². The quantitative estimate of drug-likeness (QED) is 0.0569. The first kappa shape index (κ1) is 40.2. The predicted molar refractivity (Wildman–Crippen MR) is 175 cm³/mol. The molecule has 0 bridgehead atoms. The summed E-state index contributed by atoms with van der Waals surface area (Å²) in [6.07, 6.45) is 20.5. The summed E-state index contributed by atoms with van der Waals surface area (Å²) < 4.78 is 0.674. The highest BCUT2D eigenvalue weighted by atomic mass is 127. The zero-order valence-corrected chi connectivity index (χ0v) is 30.1. The van der Waals surface area contributed by atoms with Gasteiger partial charge in [-0.3, -0.25) is 24.1 Å². The summed E-state index contributed by atoms with van der Waals surface area (Å²) in [5.74, 6) is -1.27. The number of amides is 3. The van der Waals surface area contributed by atoms with Crippen molar-refractivity contribution in [1.82, 2.24) is 10.2 Å². The molecule has 0 aromatic heterocycles. The van der Waals surface area contributed by atoms with E-state index in [1.165, 1.54) is 89.9 Å². The number of quaternary nitrogens is 1. The summed E-state index contributed by atoms with van der Waals surface area (Å²) in [5, 5.41) is 2.94. The van der Waals surface area contributed by atoms with Gasteiger partial charge in [-0.05, 0) is 32.1 Å². The summed E-state index contributed by atoms with van der Waals surface area (Å²) in [5.41, 5.74) is 0.462. The molecule has 0 spiro atoms. The summed E-state index contributed by atoms with van der Waals surface area (Å²) in [4.78, 5) is 52.8. The summed E-state index contributed by atoms with van der Waals surface area (Å²) in [6.45, 7) is 6.43. The number of hydrogen-bond acceptors (Lipinski definition) is 4. The number of benzene rings is 1. The number of ketones is 1. The first-order chi connectivity index (χ1) is 20.8. The summed E-state index contributed by atoms with van der Waals surface area (Å²) in [6, 6.07) is 7.92. The minimum absolute atomic E-state index is 0. The third-order valence-electron chi connectivity index (χ3n) is 8.87. The molecule has 1 heterocycles. The fourth-order valence-electron chi connectivity index (χ4n) is 6.11. The highest BCUT2D eigenvalue weighted by Gasteiger charge is 2.37. The molecule has 1 atom stereocenters. The maximum Gasteiger partial charge on any atom is 0.275 e. The van der Waals surface area contributed by atoms with Crippen LogP contribution in [0.25, 0.3) is 0 Å². The molecule has 1 aliphatic rings. The van der Waals surface area contributed by atoms with Crippen LogP contribution in [-0.4, -0.2) is 72.2 Å². The second-order valence-corrected chi connectivity index (χ2v) is 12.9. The number of likely N-dealkylation sites (tertiary alicyclic amines) is 1. The van der Waals surface area contributed by atoms with Gasteiger partial charge in [0, 0.05) is 12.0 Å². The summed E-state index contributed by atoms with van der Waals surface area (Å²) in [7, 11) is 2.18. The highest BCUT2D eigenvalue weighted by Crippen LogP contribution is 2.17. The van der Waals surface area contributed by atoms with E-state index in [-0.39, 0.29) is 61.0 Å². The van der Waals surface area contributed by atoms with E-state index in [2.05, 4.69) is 26.2 Å². The van der Waals surface area contributed by atoms with E-state index >= 15 is 0 Å². The Morgan fingerprint density at radius 3 is 1.75 bits per heavy atom. The van der Waals surface area contributed by atoms with Gasteiger partial charge in [0.2, 0.25) is 5.91 Å². The van der Waals surface area contributed by atoms with Gasteiger partial charge in [-0.2, -0.15) is 0 Å². The first-order valence-corrected chi connectivity index (χ1v) is 17.3. The fraction of sp³-hybridized carbons (Fsp3) is 0.722. The molecule has 250 valence electrons. The SMILES string of the molecule is CCCCCCCCCC[N+](C)(CCCCCCCCCC)CC(=O)NC1CCC(=O)N(CC(=O)c2ccccc2)C1=O.[I-]. The molecule has 1 aliphatic heterocycles. The lowest BCUT2D eigenvalue weighted by Crippen LogP contribution is -3.00. The number of carbonyl (C=O) groups excluding carboxylic acids is 4. The third kappa shape index (κ3) is 16.0. The Kier molecular flexibility index (Phi) is 21.5. The smallest absolute Gasteiger partial charge is 0.275 e. The van der Waals surface area contributed by atoms with Gasteiger partial charge in [-0.1, -0.05) is 121 Å². The molecule has 3 amide bonds. The molecule has 0 saturated carbocycles. The summed E-state index contributed by atoms with van der Waals surface area (Å²) >= 11 is 0. The number of piperidine rings is 1. The zero-order chi connectivity index (χ0) is 31.3. The topological polar surface area (TPSA) is 83.6 Å². The first-order valence-electron chi connectivity index (χ1n) is 17.3. The zero-order valence-electron chi connectivity index (χ0n) is 27.9. The Balaban J connectivity index is 0.00000968. The maximum atomic E-state index is 13.3. The van der Waals surface area contributed by atoms with Crippen LogP contribution in [0.3, 0.4) is 0 Å². The number of hydrogen-bond donors (Lipinski definition) is 1. The van der Waals surface area contributed by atoms with E-state index in [0.29, 0.717) is 16.6 Å². The van der Waals surface area contributed by atoms with Crippen molar-refractivity contribution in [1.29, 1.82) is 0 Å². The number of Topliss-reactive ketones (excluding diaryl/α,β-unsaturated/α-hetero) is 1. The van der Waals surface area contributed by atoms with Gasteiger partial charge in [0.1, 0.15) is 6.04 Å². The molecular weight excluding hydrogens is 665 g/mol. The number of carbonyl (C=O) groups is 4. The average molecular weight is 726 g/mol. The normalized spacial score (nSPS) is 15.2. The van der Waals surface area contributed by atoms with Crippen LogP contribution in [-0.2, 0) is 14.4 Å². The maximum absolute atomic E-state index is 13.3. The fourth-order valence-corrected chi connectivity index (χ4v) is 6.11. The second kappa shape index (κ2) is 23.5. The van der Waals surface area contributed by atoms with Crippen LogP contribution in [0.1, 0.15) is 140 Å². The van der Waals surface area contributed by atoms with Crippen LogP contribution >= 0.6 is 0 Å². The molecule has 44 heavy (non-hydrogen) atoms. The number of unbranched alkanes of at least 4 members (excludes halogenated alkanes) is 14. The van der Waals surface area contributed by atoms with Crippen LogP contribution in [0, 0.1) is 0 Å². The van der Waals surface area contributed by atoms with Crippen molar-refractivity contribution in [3.8, 4) is 0 Å². The van der Waals surface area contributed by atoms with E-state index in [4.69, 9.17) is 0 Å². The van der Waals surface area contributed by atoms with Crippen LogP contribution < -0.4 is 29.3 Å². The molecule has 0 radical (unpaired) electrons. The Labute approximate surface area is 284 Å². The molecule has 1 aromatic carbocycles. The van der Waals surface area contributed by atoms with Gasteiger partial charge in [-0.15, -0.1) is 0 Å². The third-order valence-corrected chi connectivity index (χ3v) is 8.87. The van der Waals surface area contributed by atoms with Gasteiger partial charge in [0.05, 0.1) is 26.7 Å². The largest absolute Gasteiger partial charge is 1.00 e. The van der Waals surface area contributed by atoms with Gasteiger partial charge >= 0.3 is 0 Å². The number of rotatable bonds is 24. The lowest BCUT2D eigenvalue weighted by molar-refractivity contribution is -0.902. The number of nitrogens with zero attached hydrogens (tertiary/aromatic N) is 2. The van der Waals surface area contributed by atoms with E-state index < -0.39 is 11.9 Å². The van der Waals surface area contributed by atoms with Gasteiger partial charge in [-0.25, -0.2) is 0 Å². The highest BCUT2D eigenvalue weighted by molar-refractivity contribution is 6.07. The molecule has 7 nitrogen and oxygen atoms in total. The predicted octanol–water partition coefficient (Wildman–Crippen LogP) is 4.24. The van der Waals surface area contributed by atoms with Crippen LogP contribution in [0.15, 0.2) is 30.3 Å². The minimum Gasteiger partial charge on any atom is -1.00 e. The molecule has 1 fully saturated rings. The minimum atomic E-state index is -0.770. The van der Waals surface area contributed by atoms with Crippen molar-refractivity contribution in [3.63, 3.8) is 0 Å². The van der Waals surface area contributed by atoms with Crippen molar-refractivity contribution in [3.05, 3.63) is 35.9 Å². The van der Waals surface area contributed by atoms with Crippen LogP contribution in [0.2, 0.25) is 0 Å². The molecule has 1 N–H and O–H groups in total. The van der Waals surface area contributed by atoms with Gasteiger partial charge in [0.25, 0.3) is 11.8 Å². The van der Waals surface area contributed by atoms with Gasteiger partial charge < -0.3 is 33.8 Å². The van der Waals surface area contributed by atoms with E-state index in [1.54, 1.807) is 24.3 Å². The molecule has 1 aromatic rings. The number of nitrogens with one attached hydrogen (secondary N) is 1. The average Bonchev–Trinajstić information content (AvgIpc) is 2.99. The molecule has 1 unspecified atom stereocenters. The number of imide groups is 1. The lowest BCUT2D eigenvalue weighted by atomic mass is 10.0. The van der Waals surface area contributed by atoms with Crippen molar-refractivity contribution in [2.45, 2.75) is 135 Å². The molecule has 0 aliphatic carbocycles. The van der Waals surface area contributed by atoms with Crippen molar-refractivity contribution >= 4 is 23.5 Å². The Bertz CT molecular complexity index is 951. The van der Waals surface area contributed by atoms with E-state index in [1.807, 2.05) is 6.07 Å². The molecule has 8 heteroatoms. The Morgan fingerprint density at radius 1 is 0.773 bits per heavy atom. The molecular formula is C36H60IN3O4. The monoisotopic (exact) mass is 725 g/mol. The molecule has 1 saturated heterocycles. The standard InChI is InChI=1S/C36H59N3O4.HI/c1-4-6-8-10-12-14-16-21-27-39(3,28-22-17-15-13-11-9-7-5-2)30-34(41)37-32-25-26-35(42)38(36(32)43)29-33(40)31-23-19-18-20-24-31;/h18-20,23-24,32H,4-17,21-22,25-30H2,1-3H3;1H. The van der Waals surface area contributed by atoms with Crippen LogP contribution in [0.4, 0.5) is 0 Å². The second-order valence-electron chi connectivity index (χ2n) is 12.9. The lowest BCUT2D eigenvalue weighted by Gasteiger charge is -2.35. The van der Waals surface area contributed by atoms with Crippen molar-refractivity contribution in [2.75, 3.05) is 33.2 Å². The Hall–Kier alpha value is -1.81. The number of likely N-dealkylation sites (N-methyl/N-ethyl adjacent to an activating group) is 1. The number of halogens is 1. The van der Waals surface area contributed by atoms with Crippen LogP contribution in [0.5, 0.6) is 0 Å². The van der Waals surface area contributed by atoms with Gasteiger partial charge in [0.15, 0.2) is 12.3 Å². The van der Waals surface area contributed by atoms with Crippen molar-refractivity contribution < 1.29 is 47.6 Å². The molecule has 2 rings (SSSR count). The Morgan fingerprint density at radius 2 is 1.25 bits per heavy atom. The van der Waals surface area contributed by atoms with E-state index in [9.17, 15) is 19.2 Å².